The van der Waals surface area contributed by atoms with E-state index in [9.17, 15) is 14.4 Å². The molecular formula is C40H47N3O7S2. The summed E-state index contributed by atoms with van der Waals surface area (Å²) >= 11 is 7.08. The Morgan fingerprint density at radius 2 is 1.87 bits per heavy atom. The number of thioether (sulfide) groups is 1. The van der Waals surface area contributed by atoms with Gasteiger partial charge in [-0.05, 0) is 94.0 Å². The zero-order chi connectivity index (χ0) is 37.0. The standard InChI is InChI=1S/C40H47N3O7S2/c1-40(2,3)42-38(46)50-34(20-24-10-7-6-8-11-24)36(44)41-17-9-12-27-21-33(29-16-15-28(47-4)22-32(29)48-5)49-31(27)23-35-37(45)43(39(51)52-35)30-19-25-13-14-26(30)18-25/h6-8,10-11,15-16,21-23,25-26,30,34H,9,12-14,17-20H2,1-5H3,(H,41,44)(H,42,46)/b35-23-/t25-,26-,30-,34-/m0/s1. The quantitative estimate of drug-likeness (QED) is 0.104. The monoisotopic (exact) mass is 745 g/mol. The Labute approximate surface area is 315 Å². The van der Waals surface area contributed by atoms with Gasteiger partial charge in [-0.15, -0.1) is 0 Å². The second kappa shape index (κ2) is 16.2. The molecule has 0 radical (unpaired) electrons. The first-order chi connectivity index (χ1) is 24.9. The second-order valence-corrected chi connectivity index (χ2v) is 16.4. The Bertz CT molecular complexity index is 1830. The number of hydrogen-bond acceptors (Lipinski definition) is 9. The van der Waals surface area contributed by atoms with Gasteiger partial charge < -0.3 is 29.3 Å². The van der Waals surface area contributed by atoms with Crippen molar-refractivity contribution in [1.82, 2.24) is 15.5 Å². The summed E-state index contributed by atoms with van der Waals surface area (Å²) in [6, 6.07) is 17.1. The fourth-order valence-electron chi connectivity index (χ4n) is 7.39. The lowest BCUT2D eigenvalue weighted by Crippen LogP contribution is -2.46. The molecule has 10 nitrogen and oxygen atoms in total. The molecule has 1 saturated heterocycles. The summed E-state index contributed by atoms with van der Waals surface area (Å²) in [5, 5.41) is 5.73. The molecule has 2 N–H and O–H groups in total. The molecule has 2 bridgehead atoms. The van der Waals surface area contributed by atoms with Crippen LogP contribution in [0.15, 0.2) is 63.9 Å². The highest BCUT2D eigenvalue weighted by atomic mass is 32.2. The topological polar surface area (TPSA) is 119 Å². The van der Waals surface area contributed by atoms with Crippen LogP contribution >= 0.6 is 24.0 Å². The van der Waals surface area contributed by atoms with E-state index in [4.69, 9.17) is 30.8 Å². The third-order valence-electron chi connectivity index (χ3n) is 9.84. The van der Waals surface area contributed by atoms with Gasteiger partial charge in [0.05, 0.1) is 24.7 Å². The number of hydrogen-bond donors (Lipinski definition) is 2. The molecule has 4 atom stereocenters. The number of carbonyl (C=O) groups excluding carboxylic acids is 3. The zero-order valence-corrected chi connectivity index (χ0v) is 32.0. The number of ether oxygens (including phenoxy) is 3. The number of carbonyl (C=O) groups is 3. The van der Waals surface area contributed by atoms with Crippen molar-refractivity contribution in [2.75, 3.05) is 20.8 Å². The molecule has 0 spiro atoms. The molecule has 1 aromatic heterocycles. The van der Waals surface area contributed by atoms with Crippen molar-refractivity contribution in [1.29, 1.82) is 0 Å². The van der Waals surface area contributed by atoms with Gasteiger partial charge in [0.25, 0.3) is 11.8 Å². The molecule has 2 aromatic carbocycles. The summed E-state index contributed by atoms with van der Waals surface area (Å²) in [5.41, 5.74) is 1.97. The summed E-state index contributed by atoms with van der Waals surface area (Å²) in [6.07, 6.45) is 6.06. The van der Waals surface area contributed by atoms with E-state index < -0.39 is 17.7 Å². The van der Waals surface area contributed by atoms with Crippen LogP contribution in [0.3, 0.4) is 0 Å². The van der Waals surface area contributed by atoms with Crippen LogP contribution in [0.2, 0.25) is 0 Å². The molecule has 2 aliphatic carbocycles. The minimum atomic E-state index is -1.01. The largest absolute Gasteiger partial charge is 0.497 e. The number of methoxy groups -OCH3 is 2. The fraction of sp³-hybridized carbons (Fsp3) is 0.450. The van der Waals surface area contributed by atoms with E-state index in [1.54, 1.807) is 26.4 Å². The minimum Gasteiger partial charge on any atom is -0.497 e. The van der Waals surface area contributed by atoms with Crippen LogP contribution in [0, 0.1) is 11.8 Å². The van der Waals surface area contributed by atoms with Crippen LogP contribution in [0.25, 0.3) is 17.4 Å². The minimum absolute atomic E-state index is 0.0642. The lowest BCUT2D eigenvalue weighted by atomic mass is 9.94. The number of thiocarbonyl (C=S) groups is 1. The van der Waals surface area contributed by atoms with Gasteiger partial charge in [-0.25, -0.2) is 4.79 Å². The average Bonchev–Trinajstić information content (AvgIpc) is 3.90. The molecule has 0 unspecified atom stereocenters. The number of nitrogens with zero attached hydrogens (tertiary/aromatic N) is 1. The van der Waals surface area contributed by atoms with Crippen LogP contribution in [0.5, 0.6) is 11.5 Å². The van der Waals surface area contributed by atoms with Crippen LogP contribution in [-0.4, -0.2) is 65.6 Å². The Hall–Kier alpha value is -4.29. The Kier molecular flexibility index (Phi) is 11.6. The predicted molar refractivity (Wildman–Crippen MR) is 206 cm³/mol. The lowest BCUT2D eigenvalue weighted by molar-refractivity contribution is -0.129. The van der Waals surface area contributed by atoms with Crippen molar-refractivity contribution in [2.45, 2.75) is 83.4 Å². The van der Waals surface area contributed by atoms with Gasteiger partial charge in [-0.3, -0.25) is 14.5 Å². The van der Waals surface area contributed by atoms with Crippen molar-refractivity contribution >= 4 is 52.3 Å². The van der Waals surface area contributed by atoms with Crippen molar-refractivity contribution in [3.05, 3.63) is 76.4 Å². The third-order valence-corrected chi connectivity index (χ3v) is 11.2. The van der Waals surface area contributed by atoms with Crippen molar-refractivity contribution in [3.8, 4) is 22.8 Å². The lowest BCUT2D eigenvalue weighted by Gasteiger charge is -2.30. The number of nitrogens with one attached hydrogen (secondary N) is 2. The highest BCUT2D eigenvalue weighted by Crippen LogP contribution is 2.49. The summed E-state index contributed by atoms with van der Waals surface area (Å²) in [4.78, 5) is 42.2. The van der Waals surface area contributed by atoms with E-state index >= 15 is 0 Å². The van der Waals surface area contributed by atoms with Gasteiger partial charge in [0.1, 0.15) is 27.3 Å². The molecule has 52 heavy (non-hydrogen) atoms. The predicted octanol–water partition coefficient (Wildman–Crippen LogP) is 7.54. The molecule has 6 rings (SSSR count). The highest BCUT2D eigenvalue weighted by Gasteiger charge is 2.48. The molecule has 2 heterocycles. The Morgan fingerprint density at radius 3 is 2.54 bits per heavy atom. The van der Waals surface area contributed by atoms with Crippen molar-refractivity contribution < 1.29 is 33.0 Å². The maximum Gasteiger partial charge on any atom is 0.408 e. The van der Waals surface area contributed by atoms with Gasteiger partial charge in [-0.2, -0.15) is 0 Å². The summed E-state index contributed by atoms with van der Waals surface area (Å²) in [6.45, 7) is 5.87. The van der Waals surface area contributed by atoms with E-state index in [0.29, 0.717) is 63.5 Å². The Morgan fingerprint density at radius 1 is 1.08 bits per heavy atom. The molecule has 2 saturated carbocycles. The molecule has 3 aromatic rings. The molecule has 3 amide bonds. The van der Waals surface area contributed by atoms with Crippen LogP contribution < -0.4 is 20.1 Å². The van der Waals surface area contributed by atoms with E-state index in [1.165, 1.54) is 24.6 Å². The van der Waals surface area contributed by atoms with Gasteiger partial charge >= 0.3 is 6.09 Å². The van der Waals surface area contributed by atoms with E-state index in [2.05, 4.69) is 10.6 Å². The number of rotatable bonds is 13. The maximum atomic E-state index is 13.8. The first-order valence-corrected chi connectivity index (χ1v) is 19.1. The average molecular weight is 746 g/mol. The Balaban J connectivity index is 1.19. The normalized spacial score (nSPS) is 21.1. The summed E-state index contributed by atoms with van der Waals surface area (Å²) in [5.74, 6) is 3.12. The van der Waals surface area contributed by atoms with Crippen molar-refractivity contribution in [3.63, 3.8) is 0 Å². The second-order valence-electron chi connectivity index (χ2n) is 14.7. The number of amides is 3. The first kappa shape index (κ1) is 37.5. The van der Waals surface area contributed by atoms with Gasteiger partial charge in [0.2, 0.25) is 0 Å². The molecule has 3 aliphatic rings. The number of furan rings is 1. The van der Waals surface area contributed by atoms with Crippen LogP contribution in [0.1, 0.15) is 69.8 Å². The van der Waals surface area contributed by atoms with Crippen LogP contribution in [-0.2, 0) is 27.2 Å². The summed E-state index contributed by atoms with van der Waals surface area (Å²) < 4.78 is 23.7. The van der Waals surface area contributed by atoms with E-state index in [0.717, 1.165) is 29.5 Å². The van der Waals surface area contributed by atoms with E-state index in [-0.39, 0.29) is 24.3 Å². The molecule has 3 fully saturated rings. The summed E-state index contributed by atoms with van der Waals surface area (Å²) in [7, 11) is 3.19. The maximum absolute atomic E-state index is 13.8. The number of alkyl carbamates (subject to hydrolysis) is 1. The molecular weight excluding hydrogens is 699 g/mol. The molecule has 1 aliphatic heterocycles. The van der Waals surface area contributed by atoms with E-state index in [1.807, 2.05) is 74.2 Å². The zero-order valence-electron chi connectivity index (χ0n) is 30.4. The number of aryl methyl sites for hydroxylation is 1. The highest BCUT2D eigenvalue weighted by molar-refractivity contribution is 8.26. The third kappa shape index (κ3) is 8.83. The van der Waals surface area contributed by atoms with Gasteiger partial charge in [0, 0.05) is 36.7 Å². The molecule has 276 valence electrons. The van der Waals surface area contributed by atoms with Crippen molar-refractivity contribution in [2.24, 2.45) is 11.8 Å². The number of fused-ring (bicyclic) bond motifs is 2. The first-order valence-electron chi connectivity index (χ1n) is 17.8. The fourth-order valence-corrected chi connectivity index (χ4v) is 8.74. The SMILES string of the molecule is COc1ccc(-c2cc(CCCNC(=O)[C@H](Cc3ccccc3)OC(=O)NC(C)(C)C)c(/C=C3\SC(=S)N([C@H]4C[C@H]5CC[C@H]4C5)C3=O)o2)c(OC)c1. The van der Waals surface area contributed by atoms with Gasteiger partial charge in [0.15, 0.2) is 6.10 Å². The number of benzene rings is 2. The molecule has 12 heteroatoms. The van der Waals surface area contributed by atoms with Gasteiger partial charge in [-0.1, -0.05) is 60.7 Å². The smallest absolute Gasteiger partial charge is 0.408 e. The van der Waals surface area contributed by atoms with Crippen LogP contribution in [0.4, 0.5) is 4.79 Å².